The van der Waals surface area contributed by atoms with E-state index >= 15 is 0 Å². The Kier molecular flexibility index (Phi) is 4.12. The average molecular weight is 369 g/mol. The molecule has 0 saturated heterocycles. The first-order valence-corrected chi connectivity index (χ1v) is 8.27. The molecular formula is C20H13F2NO2S. The summed E-state index contributed by atoms with van der Waals surface area (Å²) in [5.74, 6) is -1.49. The van der Waals surface area contributed by atoms with E-state index in [0.717, 1.165) is 16.9 Å². The van der Waals surface area contributed by atoms with Crippen LogP contribution in [0.5, 0.6) is 0 Å². The smallest absolute Gasteiger partial charge is 0.350 e. The van der Waals surface area contributed by atoms with E-state index in [-0.39, 0.29) is 11.4 Å². The average Bonchev–Trinajstić information content (AvgIpc) is 2.66. The van der Waals surface area contributed by atoms with Crippen LogP contribution in [0.25, 0.3) is 11.1 Å². The summed E-state index contributed by atoms with van der Waals surface area (Å²) in [6, 6.07) is 14.0. The minimum Gasteiger partial charge on any atom is -0.391 e. The van der Waals surface area contributed by atoms with Gasteiger partial charge in [-0.2, -0.15) is 0 Å². The number of rotatable bonds is 2. The van der Waals surface area contributed by atoms with E-state index in [1.165, 1.54) is 18.2 Å². The molecule has 0 radical (unpaired) electrons. The van der Waals surface area contributed by atoms with Gasteiger partial charge in [-0.3, -0.25) is 0 Å². The first-order chi connectivity index (χ1) is 12.6. The van der Waals surface area contributed by atoms with Crippen LogP contribution < -0.4 is 5.32 Å². The number of hydrogen-bond donors (Lipinski definition) is 2. The van der Waals surface area contributed by atoms with E-state index in [1.54, 1.807) is 36.4 Å². The summed E-state index contributed by atoms with van der Waals surface area (Å²) in [6.07, 6.45) is 0.340. The van der Waals surface area contributed by atoms with Gasteiger partial charge in [-0.05, 0) is 53.1 Å². The Bertz CT molecular complexity index is 1040. The van der Waals surface area contributed by atoms with Gasteiger partial charge in [-0.25, -0.2) is 13.6 Å². The molecule has 1 heterocycles. The number of thiol groups is 1. The van der Waals surface area contributed by atoms with Gasteiger partial charge in [0.2, 0.25) is 0 Å². The van der Waals surface area contributed by atoms with Crippen LogP contribution in [0.3, 0.4) is 0 Å². The Morgan fingerprint density at radius 2 is 1.81 bits per heavy atom. The van der Waals surface area contributed by atoms with Gasteiger partial charge in [0.05, 0.1) is 5.56 Å². The highest BCUT2D eigenvalue weighted by Crippen LogP contribution is 2.41. The molecule has 3 aromatic carbocycles. The Balaban J connectivity index is 1.92. The predicted molar refractivity (Wildman–Crippen MR) is 98.7 cm³/mol. The maximum absolute atomic E-state index is 14.8. The van der Waals surface area contributed by atoms with Crippen LogP contribution in [0.1, 0.15) is 21.5 Å². The zero-order chi connectivity index (χ0) is 18.3. The lowest BCUT2D eigenvalue weighted by atomic mass is 9.88. The van der Waals surface area contributed by atoms with Crippen LogP contribution in [0.2, 0.25) is 0 Å². The quantitative estimate of drug-likeness (QED) is 0.373. The molecule has 1 aliphatic heterocycles. The van der Waals surface area contributed by atoms with E-state index in [4.69, 9.17) is 0 Å². The van der Waals surface area contributed by atoms with Crippen molar-refractivity contribution < 1.29 is 17.8 Å². The van der Waals surface area contributed by atoms with Crippen molar-refractivity contribution in [3.63, 3.8) is 0 Å². The van der Waals surface area contributed by atoms with Gasteiger partial charge in [-0.15, -0.1) is 0 Å². The standard InChI is InChI=1S/C20H13F2NO2S/c21-12-5-7-17-11(9-12)10-15-18(23-17)8-6-16(22)19(15)13-3-1-2-4-14(13)20(24)25-26/h1-9,23,26H,10H2. The fourth-order valence-electron chi connectivity index (χ4n) is 3.31. The van der Waals surface area contributed by atoms with E-state index in [9.17, 15) is 13.6 Å². The van der Waals surface area contributed by atoms with Crippen LogP contribution in [-0.4, -0.2) is 5.97 Å². The Labute approximate surface area is 154 Å². The van der Waals surface area contributed by atoms with Crippen molar-refractivity contribution in [2.24, 2.45) is 0 Å². The molecule has 3 aromatic rings. The number of anilines is 2. The molecule has 1 aliphatic rings. The molecule has 4 rings (SSSR count). The topological polar surface area (TPSA) is 38.3 Å². The molecule has 6 heteroatoms. The minimum absolute atomic E-state index is 0.208. The number of carbonyl (C=O) groups excluding carboxylic acids is 1. The molecule has 0 atom stereocenters. The Morgan fingerprint density at radius 1 is 1.04 bits per heavy atom. The summed E-state index contributed by atoms with van der Waals surface area (Å²) in [5.41, 5.74) is 3.77. The molecule has 0 spiro atoms. The second kappa shape index (κ2) is 6.46. The van der Waals surface area contributed by atoms with E-state index < -0.39 is 11.8 Å². The number of benzene rings is 3. The third-order valence-electron chi connectivity index (χ3n) is 4.47. The van der Waals surface area contributed by atoms with Crippen LogP contribution in [0.4, 0.5) is 20.2 Å². The number of carbonyl (C=O) groups is 1. The molecule has 0 aromatic heterocycles. The molecule has 0 saturated carbocycles. The molecular weight excluding hydrogens is 356 g/mol. The van der Waals surface area contributed by atoms with Crippen LogP contribution in [0, 0.1) is 11.6 Å². The lowest BCUT2D eigenvalue weighted by Crippen LogP contribution is -2.11. The summed E-state index contributed by atoms with van der Waals surface area (Å²) < 4.78 is 32.9. The fraction of sp³-hybridized carbons (Fsp3) is 0.0500. The molecule has 0 bridgehead atoms. The van der Waals surface area contributed by atoms with Gasteiger partial charge in [0.25, 0.3) is 0 Å². The van der Waals surface area contributed by atoms with Crippen molar-refractivity contribution in [1.82, 2.24) is 0 Å². The number of hydrogen-bond acceptors (Lipinski definition) is 4. The largest absolute Gasteiger partial charge is 0.391 e. The monoisotopic (exact) mass is 369 g/mol. The molecule has 1 N–H and O–H groups in total. The lowest BCUT2D eigenvalue weighted by molar-refractivity contribution is 0.0773. The van der Waals surface area contributed by atoms with E-state index in [1.807, 2.05) is 0 Å². The third kappa shape index (κ3) is 2.72. The number of fused-ring (bicyclic) bond motifs is 2. The Morgan fingerprint density at radius 3 is 2.62 bits per heavy atom. The van der Waals surface area contributed by atoms with E-state index in [2.05, 4.69) is 22.4 Å². The number of halogens is 2. The van der Waals surface area contributed by atoms with Gasteiger partial charge < -0.3 is 9.50 Å². The zero-order valence-electron chi connectivity index (χ0n) is 13.4. The van der Waals surface area contributed by atoms with Gasteiger partial charge in [0, 0.05) is 36.3 Å². The normalized spacial score (nSPS) is 12.0. The Hall–Kier alpha value is -2.86. The third-order valence-corrected chi connectivity index (χ3v) is 4.63. The zero-order valence-corrected chi connectivity index (χ0v) is 14.3. The molecule has 0 amide bonds. The van der Waals surface area contributed by atoms with Crippen molar-refractivity contribution in [2.75, 3.05) is 5.32 Å². The van der Waals surface area contributed by atoms with Gasteiger partial charge in [0.15, 0.2) is 0 Å². The fourth-order valence-corrected chi connectivity index (χ4v) is 3.40. The van der Waals surface area contributed by atoms with Crippen molar-refractivity contribution in [2.45, 2.75) is 6.42 Å². The molecule has 130 valence electrons. The minimum atomic E-state index is -0.670. The maximum Gasteiger partial charge on any atom is 0.350 e. The second-order valence-electron chi connectivity index (χ2n) is 5.98. The van der Waals surface area contributed by atoms with Crippen molar-refractivity contribution in [3.05, 3.63) is 82.9 Å². The van der Waals surface area contributed by atoms with Gasteiger partial charge in [0.1, 0.15) is 11.6 Å². The number of nitrogens with one attached hydrogen (secondary N) is 1. The van der Waals surface area contributed by atoms with E-state index in [0.29, 0.717) is 23.1 Å². The summed E-state index contributed by atoms with van der Waals surface area (Å²) in [6.45, 7) is 0. The highest BCUT2D eigenvalue weighted by molar-refractivity contribution is 7.75. The lowest BCUT2D eigenvalue weighted by Gasteiger charge is -2.25. The second-order valence-corrected chi connectivity index (χ2v) is 6.16. The summed E-state index contributed by atoms with van der Waals surface area (Å²) in [4.78, 5) is 12.0. The van der Waals surface area contributed by atoms with Crippen molar-refractivity contribution in [3.8, 4) is 11.1 Å². The summed E-state index contributed by atoms with van der Waals surface area (Å²) >= 11 is 3.56. The molecule has 0 unspecified atom stereocenters. The van der Waals surface area contributed by atoms with Gasteiger partial charge >= 0.3 is 5.97 Å². The van der Waals surface area contributed by atoms with Crippen LogP contribution in [-0.2, 0) is 10.6 Å². The first-order valence-electron chi connectivity index (χ1n) is 7.90. The molecule has 0 aliphatic carbocycles. The highest BCUT2D eigenvalue weighted by atomic mass is 32.1. The van der Waals surface area contributed by atoms with Crippen LogP contribution in [0.15, 0.2) is 54.6 Å². The SMILES string of the molecule is O=C(OS)c1ccccc1-c1c(F)ccc2c1Cc1cc(F)ccc1N2. The highest BCUT2D eigenvalue weighted by Gasteiger charge is 2.24. The predicted octanol–water partition coefficient (Wildman–Crippen LogP) is 5.28. The van der Waals surface area contributed by atoms with Crippen molar-refractivity contribution in [1.29, 1.82) is 0 Å². The molecule has 3 nitrogen and oxygen atoms in total. The maximum atomic E-state index is 14.8. The molecule has 26 heavy (non-hydrogen) atoms. The first kappa shape index (κ1) is 16.6. The van der Waals surface area contributed by atoms with Crippen LogP contribution >= 0.6 is 12.9 Å². The van der Waals surface area contributed by atoms with Gasteiger partial charge in [-0.1, -0.05) is 18.2 Å². The summed E-state index contributed by atoms with van der Waals surface area (Å²) in [5, 5.41) is 3.20. The summed E-state index contributed by atoms with van der Waals surface area (Å²) in [7, 11) is 0. The molecule has 0 fully saturated rings. The van der Waals surface area contributed by atoms with Crippen molar-refractivity contribution >= 4 is 30.3 Å².